The van der Waals surface area contributed by atoms with Crippen LogP contribution in [0.25, 0.3) is 10.8 Å². The van der Waals surface area contributed by atoms with Gasteiger partial charge in [0.2, 0.25) is 15.9 Å². The number of carbonyl (C=O) groups is 1. The minimum atomic E-state index is -3.65. The topological polar surface area (TPSA) is 66.5 Å². The summed E-state index contributed by atoms with van der Waals surface area (Å²) in [6, 6.07) is 17.9. The molecule has 3 aromatic rings. The van der Waals surface area contributed by atoms with Crippen molar-refractivity contribution in [3.05, 3.63) is 71.8 Å². The first-order valence-corrected chi connectivity index (χ1v) is 10.9. The lowest BCUT2D eigenvalue weighted by Gasteiger charge is -2.28. The van der Waals surface area contributed by atoms with Crippen molar-refractivity contribution in [3.8, 4) is 0 Å². The van der Waals surface area contributed by atoms with Crippen molar-refractivity contribution in [2.45, 2.75) is 26.8 Å². The van der Waals surface area contributed by atoms with Gasteiger partial charge in [-0.25, -0.2) is 8.42 Å². The molecule has 1 N–H and O–H groups in total. The number of hydrogen-bond acceptors (Lipinski definition) is 3. The van der Waals surface area contributed by atoms with Crippen LogP contribution in [0.3, 0.4) is 0 Å². The van der Waals surface area contributed by atoms with E-state index in [2.05, 4.69) is 5.32 Å². The number of nitrogens with one attached hydrogen (secondary N) is 1. The third-order valence-corrected chi connectivity index (χ3v) is 6.09. The van der Waals surface area contributed by atoms with Crippen LogP contribution >= 0.6 is 0 Å². The fourth-order valence-corrected chi connectivity index (χ4v) is 4.35. The van der Waals surface area contributed by atoms with Gasteiger partial charge < -0.3 is 5.32 Å². The Balaban J connectivity index is 1.90. The predicted octanol–water partition coefficient (Wildman–Crippen LogP) is 4.25. The van der Waals surface area contributed by atoms with Gasteiger partial charge in [0.1, 0.15) is 6.04 Å². The van der Waals surface area contributed by atoms with Crippen LogP contribution in [0.2, 0.25) is 0 Å². The van der Waals surface area contributed by atoms with Crippen LogP contribution in [0.5, 0.6) is 0 Å². The fraction of sp³-hybridized carbons (Fsp3) is 0.227. The SMILES string of the molecule is Cc1ccc(N([C@@H](C)C(=O)Nc2ccc3ccccc3c2)S(C)(=O)=O)cc1C. The third kappa shape index (κ3) is 4.17. The van der Waals surface area contributed by atoms with Crippen molar-refractivity contribution in [2.24, 2.45) is 0 Å². The monoisotopic (exact) mass is 396 g/mol. The van der Waals surface area contributed by atoms with Gasteiger partial charge in [-0.2, -0.15) is 0 Å². The Morgan fingerprint density at radius 3 is 2.25 bits per heavy atom. The van der Waals surface area contributed by atoms with Crippen molar-refractivity contribution in [1.82, 2.24) is 0 Å². The smallest absolute Gasteiger partial charge is 0.247 e. The molecule has 0 heterocycles. The standard InChI is InChI=1S/C22H24N2O3S/c1-15-9-12-21(13-16(15)2)24(28(4,26)27)17(3)22(25)23-20-11-10-18-7-5-6-8-19(18)14-20/h5-14,17H,1-4H3,(H,23,25)/t17-/m0/s1. The molecule has 5 nitrogen and oxygen atoms in total. The molecule has 0 fully saturated rings. The molecule has 0 aliphatic heterocycles. The van der Waals surface area contributed by atoms with Crippen LogP contribution < -0.4 is 9.62 Å². The summed E-state index contributed by atoms with van der Waals surface area (Å²) in [7, 11) is -3.65. The van der Waals surface area contributed by atoms with Crippen molar-refractivity contribution in [3.63, 3.8) is 0 Å². The molecule has 3 aromatic carbocycles. The van der Waals surface area contributed by atoms with E-state index in [9.17, 15) is 13.2 Å². The second-order valence-corrected chi connectivity index (χ2v) is 8.91. The van der Waals surface area contributed by atoms with Gasteiger partial charge in [0, 0.05) is 5.69 Å². The Bertz CT molecular complexity index is 1140. The van der Waals surface area contributed by atoms with E-state index < -0.39 is 16.1 Å². The molecule has 1 atom stereocenters. The van der Waals surface area contributed by atoms with Gasteiger partial charge >= 0.3 is 0 Å². The normalized spacial score (nSPS) is 12.6. The molecule has 0 bridgehead atoms. The van der Waals surface area contributed by atoms with Crippen molar-refractivity contribution in [1.29, 1.82) is 0 Å². The summed E-state index contributed by atoms with van der Waals surface area (Å²) in [5, 5.41) is 4.91. The second kappa shape index (κ2) is 7.64. The van der Waals surface area contributed by atoms with E-state index in [1.807, 2.05) is 62.4 Å². The largest absolute Gasteiger partial charge is 0.324 e. The summed E-state index contributed by atoms with van der Waals surface area (Å²) in [4.78, 5) is 12.8. The van der Waals surface area contributed by atoms with Crippen LogP contribution in [0.4, 0.5) is 11.4 Å². The van der Waals surface area contributed by atoms with E-state index in [4.69, 9.17) is 0 Å². The lowest BCUT2D eigenvalue weighted by molar-refractivity contribution is -0.116. The Hall–Kier alpha value is -2.86. The van der Waals surface area contributed by atoms with E-state index in [0.29, 0.717) is 11.4 Å². The van der Waals surface area contributed by atoms with E-state index in [1.165, 1.54) is 0 Å². The molecule has 0 unspecified atom stereocenters. The van der Waals surface area contributed by atoms with Crippen LogP contribution in [-0.4, -0.2) is 26.6 Å². The van der Waals surface area contributed by atoms with Gasteiger partial charge in [-0.3, -0.25) is 9.10 Å². The zero-order valence-electron chi connectivity index (χ0n) is 16.4. The summed E-state index contributed by atoms with van der Waals surface area (Å²) in [5.41, 5.74) is 3.13. The third-order valence-electron chi connectivity index (χ3n) is 4.85. The van der Waals surface area contributed by atoms with E-state index >= 15 is 0 Å². The van der Waals surface area contributed by atoms with E-state index in [-0.39, 0.29) is 5.91 Å². The lowest BCUT2D eigenvalue weighted by atomic mass is 10.1. The van der Waals surface area contributed by atoms with Crippen LogP contribution in [0, 0.1) is 13.8 Å². The first kappa shape index (κ1) is 19.9. The number of hydrogen-bond donors (Lipinski definition) is 1. The van der Waals surface area contributed by atoms with E-state index in [0.717, 1.165) is 32.5 Å². The molecule has 146 valence electrons. The summed E-state index contributed by atoms with van der Waals surface area (Å²) < 4.78 is 26.1. The van der Waals surface area contributed by atoms with Crippen molar-refractivity contribution in [2.75, 3.05) is 15.9 Å². The number of fused-ring (bicyclic) bond motifs is 1. The molecular formula is C22H24N2O3S. The fourth-order valence-electron chi connectivity index (χ4n) is 3.19. The Morgan fingerprint density at radius 2 is 1.61 bits per heavy atom. The molecular weight excluding hydrogens is 372 g/mol. The molecule has 0 radical (unpaired) electrons. The average molecular weight is 397 g/mol. The van der Waals surface area contributed by atoms with Crippen LogP contribution in [0.15, 0.2) is 60.7 Å². The Kier molecular flexibility index (Phi) is 5.42. The number of benzene rings is 3. The van der Waals surface area contributed by atoms with Crippen molar-refractivity contribution >= 4 is 38.1 Å². The number of anilines is 2. The molecule has 0 saturated carbocycles. The summed E-state index contributed by atoms with van der Waals surface area (Å²) in [5.74, 6) is -0.390. The Labute approximate surface area is 166 Å². The van der Waals surface area contributed by atoms with Crippen LogP contribution in [0.1, 0.15) is 18.1 Å². The first-order chi connectivity index (χ1) is 13.2. The summed E-state index contributed by atoms with van der Waals surface area (Å²) >= 11 is 0. The highest BCUT2D eigenvalue weighted by atomic mass is 32.2. The molecule has 0 spiro atoms. The molecule has 3 rings (SSSR count). The quantitative estimate of drug-likeness (QED) is 0.701. The number of nitrogens with zero attached hydrogens (tertiary/aromatic N) is 1. The number of rotatable bonds is 5. The maximum absolute atomic E-state index is 12.8. The summed E-state index contributed by atoms with van der Waals surface area (Å²) in [6.45, 7) is 5.46. The van der Waals surface area contributed by atoms with Gasteiger partial charge in [-0.05, 0) is 66.9 Å². The molecule has 0 saturated heterocycles. The highest BCUT2D eigenvalue weighted by molar-refractivity contribution is 7.92. The maximum atomic E-state index is 12.8. The highest BCUT2D eigenvalue weighted by Crippen LogP contribution is 2.25. The first-order valence-electron chi connectivity index (χ1n) is 9.03. The highest BCUT2D eigenvalue weighted by Gasteiger charge is 2.29. The minimum Gasteiger partial charge on any atom is -0.324 e. The lowest BCUT2D eigenvalue weighted by Crippen LogP contribution is -2.45. The van der Waals surface area contributed by atoms with Gasteiger partial charge in [0.25, 0.3) is 0 Å². The average Bonchev–Trinajstić information content (AvgIpc) is 2.63. The number of amides is 1. The Morgan fingerprint density at radius 1 is 0.929 bits per heavy atom. The predicted molar refractivity (Wildman–Crippen MR) is 115 cm³/mol. The molecule has 6 heteroatoms. The van der Waals surface area contributed by atoms with E-state index in [1.54, 1.807) is 19.1 Å². The van der Waals surface area contributed by atoms with Gasteiger partial charge in [-0.15, -0.1) is 0 Å². The molecule has 28 heavy (non-hydrogen) atoms. The molecule has 1 amide bonds. The van der Waals surface area contributed by atoms with Crippen LogP contribution in [-0.2, 0) is 14.8 Å². The molecule has 0 aliphatic carbocycles. The van der Waals surface area contributed by atoms with Gasteiger partial charge in [0.05, 0.1) is 11.9 Å². The number of aryl methyl sites for hydroxylation is 2. The number of carbonyl (C=O) groups excluding carboxylic acids is 1. The maximum Gasteiger partial charge on any atom is 0.247 e. The number of sulfonamides is 1. The van der Waals surface area contributed by atoms with Crippen molar-refractivity contribution < 1.29 is 13.2 Å². The van der Waals surface area contributed by atoms with Gasteiger partial charge in [-0.1, -0.05) is 36.4 Å². The van der Waals surface area contributed by atoms with Gasteiger partial charge in [0.15, 0.2) is 0 Å². The molecule has 0 aliphatic rings. The molecule has 0 aromatic heterocycles. The zero-order valence-corrected chi connectivity index (χ0v) is 17.2. The minimum absolute atomic E-state index is 0.390. The zero-order chi connectivity index (χ0) is 20.5. The second-order valence-electron chi connectivity index (χ2n) is 7.05. The summed E-state index contributed by atoms with van der Waals surface area (Å²) in [6.07, 6.45) is 1.11.